The molecule has 0 aromatic carbocycles. The van der Waals surface area contributed by atoms with E-state index in [0.717, 1.165) is 25.7 Å². The molecule has 0 amide bonds. The van der Waals surface area contributed by atoms with Crippen LogP contribution in [0, 0.1) is 0 Å². The zero-order valence-electron chi connectivity index (χ0n) is 12.2. The molecule has 20 heavy (non-hydrogen) atoms. The molecule has 8 heteroatoms. The van der Waals surface area contributed by atoms with Crippen LogP contribution in [-0.2, 0) is 14.8 Å². The Labute approximate surface area is 120 Å². The van der Waals surface area contributed by atoms with Gasteiger partial charge in [0.05, 0.1) is 25.0 Å². The molecule has 118 valence electrons. The van der Waals surface area contributed by atoms with Crippen LogP contribution < -0.4 is 5.73 Å². The molecule has 3 N–H and O–H groups in total. The van der Waals surface area contributed by atoms with Gasteiger partial charge in [-0.1, -0.05) is 18.0 Å². The molecule has 0 bridgehead atoms. The maximum atomic E-state index is 12.4. The Morgan fingerprint density at radius 1 is 1.45 bits per heavy atom. The van der Waals surface area contributed by atoms with Gasteiger partial charge in [-0.05, 0) is 26.7 Å². The van der Waals surface area contributed by atoms with Crippen LogP contribution in [0.2, 0.25) is 0 Å². The Kier molecular flexibility index (Phi) is 6.70. The zero-order valence-corrected chi connectivity index (χ0v) is 13.0. The quantitative estimate of drug-likeness (QED) is 0.298. The summed E-state index contributed by atoms with van der Waals surface area (Å²) in [6, 6.07) is -0.0562. The second-order valence-electron chi connectivity index (χ2n) is 5.31. The molecule has 0 heterocycles. The van der Waals surface area contributed by atoms with E-state index >= 15 is 0 Å². The molecule has 0 atom stereocenters. The maximum absolute atomic E-state index is 12.4. The van der Waals surface area contributed by atoms with Gasteiger partial charge in [-0.2, -0.15) is 4.31 Å². The van der Waals surface area contributed by atoms with Crippen molar-refractivity contribution in [3.8, 4) is 0 Å². The van der Waals surface area contributed by atoms with E-state index in [4.69, 9.17) is 15.7 Å². The molecule has 0 spiro atoms. The van der Waals surface area contributed by atoms with Crippen molar-refractivity contribution in [2.75, 3.05) is 18.9 Å². The molecular weight excluding hydrogens is 282 g/mol. The van der Waals surface area contributed by atoms with Gasteiger partial charge < -0.3 is 15.7 Å². The molecule has 1 saturated carbocycles. The van der Waals surface area contributed by atoms with Gasteiger partial charge >= 0.3 is 0 Å². The summed E-state index contributed by atoms with van der Waals surface area (Å²) in [6.07, 6.45) is 3.66. The van der Waals surface area contributed by atoms with Crippen LogP contribution in [0.3, 0.4) is 0 Å². The van der Waals surface area contributed by atoms with Crippen LogP contribution in [0.4, 0.5) is 0 Å². The Bertz CT molecular complexity index is 416. The highest BCUT2D eigenvalue weighted by Crippen LogP contribution is 2.25. The fourth-order valence-electron chi connectivity index (χ4n) is 2.34. The number of ether oxygens (including phenoxy) is 1. The van der Waals surface area contributed by atoms with Crippen LogP contribution in [0.5, 0.6) is 0 Å². The minimum atomic E-state index is -3.47. The third kappa shape index (κ3) is 5.26. The van der Waals surface area contributed by atoms with Gasteiger partial charge in [0, 0.05) is 6.04 Å². The summed E-state index contributed by atoms with van der Waals surface area (Å²) < 4.78 is 31.5. The average Bonchev–Trinajstić information content (AvgIpc) is 2.88. The van der Waals surface area contributed by atoms with E-state index in [1.807, 2.05) is 13.8 Å². The molecule has 1 aliphatic rings. The zero-order chi connectivity index (χ0) is 15.2. The fourth-order valence-corrected chi connectivity index (χ4v) is 3.88. The standard InChI is InChI=1S/C12H25N3O4S/c1-10(2)19-7-8-20(17,18)15(9-12(13)14-16)11-5-3-4-6-11/h10-11,16H,3-9H2,1-2H3,(H2,13,14). The largest absolute Gasteiger partial charge is 0.409 e. The Morgan fingerprint density at radius 2 is 2.05 bits per heavy atom. The van der Waals surface area contributed by atoms with Gasteiger partial charge in [0.2, 0.25) is 10.0 Å². The Balaban J connectivity index is 2.74. The molecule has 0 aromatic heterocycles. The van der Waals surface area contributed by atoms with E-state index in [9.17, 15) is 8.42 Å². The highest BCUT2D eigenvalue weighted by atomic mass is 32.2. The van der Waals surface area contributed by atoms with E-state index < -0.39 is 10.0 Å². The number of amidine groups is 1. The van der Waals surface area contributed by atoms with Crippen molar-refractivity contribution in [3.63, 3.8) is 0 Å². The van der Waals surface area contributed by atoms with E-state index in [1.54, 1.807) is 0 Å². The van der Waals surface area contributed by atoms with Crippen LogP contribution in [0.25, 0.3) is 0 Å². The van der Waals surface area contributed by atoms with Crippen molar-refractivity contribution in [1.82, 2.24) is 4.31 Å². The minimum absolute atomic E-state index is 0.00537. The lowest BCUT2D eigenvalue weighted by Gasteiger charge is -2.27. The highest BCUT2D eigenvalue weighted by molar-refractivity contribution is 7.89. The second kappa shape index (κ2) is 7.80. The third-order valence-electron chi connectivity index (χ3n) is 3.33. The van der Waals surface area contributed by atoms with Gasteiger partial charge in [0.1, 0.15) is 0 Å². The number of oxime groups is 1. The van der Waals surface area contributed by atoms with Gasteiger partial charge in [-0.25, -0.2) is 8.42 Å². The van der Waals surface area contributed by atoms with Crippen molar-refractivity contribution in [2.45, 2.75) is 51.7 Å². The van der Waals surface area contributed by atoms with E-state index in [-0.39, 0.29) is 36.9 Å². The summed E-state index contributed by atoms with van der Waals surface area (Å²) in [5.41, 5.74) is 5.48. The summed E-state index contributed by atoms with van der Waals surface area (Å²) in [4.78, 5) is 0. The predicted molar refractivity (Wildman–Crippen MR) is 77.2 cm³/mol. The number of nitrogens with two attached hydrogens (primary N) is 1. The highest BCUT2D eigenvalue weighted by Gasteiger charge is 2.32. The summed E-state index contributed by atoms with van der Waals surface area (Å²) in [6.45, 7) is 3.81. The molecule has 1 aliphatic carbocycles. The minimum Gasteiger partial charge on any atom is -0.409 e. The summed E-state index contributed by atoms with van der Waals surface area (Å²) >= 11 is 0. The third-order valence-corrected chi connectivity index (χ3v) is 5.15. The molecule has 0 unspecified atom stereocenters. The van der Waals surface area contributed by atoms with Crippen molar-refractivity contribution in [1.29, 1.82) is 0 Å². The molecule has 0 aromatic rings. The van der Waals surface area contributed by atoms with Gasteiger partial charge in [-0.15, -0.1) is 0 Å². The van der Waals surface area contributed by atoms with E-state index in [1.165, 1.54) is 4.31 Å². The van der Waals surface area contributed by atoms with Crippen LogP contribution in [0.1, 0.15) is 39.5 Å². The summed E-state index contributed by atoms with van der Waals surface area (Å²) in [7, 11) is -3.47. The van der Waals surface area contributed by atoms with Crippen molar-refractivity contribution in [2.24, 2.45) is 10.9 Å². The van der Waals surface area contributed by atoms with E-state index in [0.29, 0.717) is 0 Å². The molecule has 0 radical (unpaired) electrons. The smallest absolute Gasteiger partial charge is 0.217 e. The Morgan fingerprint density at radius 3 is 2.55 bits per heavy atom. The number of hydrogen-bond donors (Lipinski definition) is 2. The van der Waals surface area contributed by atoms with Crippen molar-refractivity contribution < 1.29 is 18.4 Å². The lowest BCUT2D eigenvalue weighted by atomic mass is 10.2. The fraction of sp³-hybridized carbons (Fsp3) is 0.917. The first kappa shape index (κ1) is 17.2. The molecule has 1 fully saturated rings. The lowest BCUT2D eigenvalue weighted by Crippen LogP contribution is -2.45. The number of hydrogen-bond acceptors (Lipinski definition) is 5. The predicted octanol–water partition coefficient (Wildman–Crippen LogP) is 0.732. The van der Waals surface area contributed by atoms with Crippen molar-refractivity contribution >= 4 is 15.9 Å². The lowest BCUT2D eigenvalue weighted by molar-refractivity contribution is 0.0905. The summed E-state index contributed by atoms with van der Waals surface area (Å²) in [5.74, 6) is -0.175. The molecule has 0 aliphatic heterocycles. The van der Waals surface area contributed by atoms with Gasteiger partial charge in [0.15, 0.2) is 5.84 Å². The molecule has 0 saturated heterocycles. The number of nitrogens with zero attached hydrogens (tertiary/aromatic N) is 2. The van der Waals surface area contributed by atoms with Crippen LogP contribution >= 0.6 is 0 Å². The molecular formula is C12H25N3O4S. The first-order valence-electron chi connectivity index (χ1n) is 6.94. The number of sulfonamides is 1. The first-order chi connectivity index (χ1) is 9.36. The van der Waals surface area contributed by atoms with Crippen LogP contribution in [0.15, 0.2) is 5.16 Å². The summed E-state index contributed by atoms with van der Waals surface area (Å²) in [5, 5.41) is 11.5. The topological polar surface area (TPSA) is 105 Å². The monoisotopic (exact) mass is 307 g/mol. The molecule has 1 rings (SSSR count). The molecule has 7 nitrogen and oxygen atoms in total. The van der Waals surface area contributed by atoms with Gasteiger partial charge in [-0.3, -0.25) is 0 Å². The maximum Gasteiger partial charge on any atom is 0.217 e. The first-order valence-corrected chi connectivity index (χ1v) is 8.55. The normalized spacial score (nSPS) is 18.3. The average molecular weight is 307 g/mol. The van der Waals surface area contributed by atoms with Crippen molar-refractivity contribution in [3.05, 3.63) is 0 Å². The number of rotatable bonds is 8. The van der Waals surface area contributed by atoms with Crippen LogP contribution in [-0.4, -0.2) is 54.8 Å². The SMILES string of the molecule is CC(C)OCCS(=O)(=O)N(CC(N)=NO)C1CCCC1. The Hall–Kier alpha value is -0.860. The van der Waals surface area contributed by atoms with E-state index in [2.05, 4.69) is 5.16 Å². The van der Waals surface area contributed by atoms with Gasteiger partial charge in [0.25, 0.3) is 0 Å². The second-order valence-corrected chi connectivity index (χ2v) is 7.35.